The van der Waals surface area contributed by atoms with Crippen molar-refractivity contribution < 1.29 is 14.6 Å². The van der Waals surface area contributed by atoms with Crippen LogP contribution in [0.25, 0.3) is 0 Å². The van der Waals surface area contributed by atoms with E-state index in [4.69, 9.17) is 9.84 Å². The highest BCUT2D eigenvalue weighted by molar-refractivity contribution is 9.11. The molecule has 1 amide bonds. The van der Waals surface area contributed by atoms with Crippen LogP contribution in [0.3, 0.4) is 0 Å². The average molecular weight is 409 g/mol. The molecule has 1 aromatic carbocycles. The number of nitrogens with one attached hydrogen (secondary N) is 1. The maximum absolute atomic E-state index is 11.9. The van der Waals surface area contributed by atoms with Crippen molar-refractivity contribution in [2.75, 3.05) is 13.2 Å². The summed E-state index contributed by atoms with van der Waals surface area (Å²) < 4.78 is 7.20. The standard InChI is InChI=1S/C14H19Br2NO3/c1-3-14(2,6-7-18)17-13(19)9-20-12-5-4-10(15)8-11(12)16/h4-5,8,18H,3,6-7,9H2,1-2H3,(H,17,19). The van der Waals surface area contributed by atoms with Crippen molar-refractivity contribution in [1.82, 2.24) is 5.32 Å². The van der Waals surface area contributed by atoms with Gasteiger partial charge in [-0.3, -0.25) is 4.79 Å². The second-order valence-corrected chi connectivity index (χ2v) is 6.57. The van der Waals surface area contributed by atoms with Crippen molar-refractivity contribution in [2.45, 2.75) is 32.2 Å². The smallest absolute Gasteiger partial charge is 0.258 e. The van der Waals surface area contributed by atoms with Gasteiger partial charge in [-0.2, -0.15) is 0 Å². The van der Waals surface area contributed by atoms with Gasteiger partial charge in [0.15, 0.2) is 6.61 Å². The molecule has 0 spiro atoms. The van der Waals surface area contributed by atoms with Crippen LogP contribution >= 0.6 is 31.9 Å². The summed E-state index contributed by atoms with van der Waals surface area (Å²) in [5.41, 5.74) is -0.397. The molecule has 0 saturated carbocycles. The van der Waals surface area contributed by atoms with Gasteiger partial charge in [-0.15, -0.1) is 0 Å². The van der Waals surface area contributed by atoms with Gasteiger partial charge in [0, 0.05) is 16.6 Å². The van der Waals surface area contributed by atoms with Gasteiger partial charge in [-0.25, -0.2) is 0 Å². The molecule has 0 aliphatic heterocycles. The molecule has 0 heterocycles. The summed E-state index contributed by atoms with van der Waals surface area (Å²) in [5.74, 6) is 0.418. The molecule has 0 fully saturated rings. The molecule has 0 aromatic heterocycles. The second-order valence-electron chi connectivity index (χ2n) is 4.80. The van der Waals surface area contributed by atoms with Crippen LogP contribution in [0.2, 0.25) is 0 Å². The molecular formula is C14H19Br2NO3. The summed E-state index contributed by atoms with van der Waals surface area (Å²) in [4.78, 5) is 11.9. The lowest BCUT2D eigenvalue weighted by atomic mass is 9.95. The highest BCUT2D eigenvalue weighted by Gasteiger charge is 2.23. The molecule has 6 heteroatoms. The molecule has 0 aliphatic carbocycles. The Bertz CT molecular complexity index is 468. The number of aliphatic hydroxyl groups excluding tert-OH is 1. The first kappa shape index (κ1) is 17.5. The fraction of sp³-hybridized carbons (Fsp3) is 0.500. The van der Waals surface area contributed by atoms with Crippen LogP contribution in [-0.2, 0) is 4.79 Å². The van der Waals surface area contributed by atoms with Crippen molar-refractivity contribution in [1.29, 1.82) is 0 Å². The lowest BCUT2D eigenvalue weighted by molar-refractivity contribution is -0.125. The molecule has 0 aliphatic rings. The molecule has 20 heavy (non-hydrogen) atoms. The molecule has 1 rings (SSSR count). The van der Waals surface area contributed by atoms with Gasteiger partial charge in [0.05, 0.1) is 4.47 Å². The third kappa shape index (κ3) is 5.42. The summed E-state index contributed by atoms with van der Waals surface area (Å²) in [6.07, 6.45) is 1.28. The lowest BCUT2D eigenvalue weighted by Crippen LogP contribution is -2.47. The van der Waals surface area contributed by atoms with Crippen molar-refractivity contribution >= 4 is 37.8 Å². The first-order chi connectivity index (χ1) is 9.40. The quantitative estimate of drug-likeness (QED) is 0.727. The van der Waals surface area contributed by atoms with Gasteiger partial charge in [0.2, 0.25) is 0 Å². The molecule has 1 aromatic rings. The highest BCUT2D eigenvalue weighted by atomic mass is 79.9. The van der Waals surface area contributed by atoms with Crippen LogP contribution in [0.5, 0.6) is 5.75 Å². The zero-order chi connectivity index (χ0) is 15.2. The highest BCUT2D eigenvalue weighted by Crippen LogP contribution is 2.28. The minimum atomic E-state index is -0.397. The first-order valence-electron chi connectivity index (χ1n) is 6.40. The molecule has 4 nitrogen and oxygen atoms in total. The van der Waals surface area contributed by atoms with E-state index in [0.717, 1.165) is 15.4 Å². The maximum atomic E-state index is 11.9. The van der Waals surface area contributed by atoms with Crippen LogP contribution < -0.4 is 10.1 Å². The largest absolute Gasteiger partial charge is 0.483 e. The van der Waals surface area contributed by atoms with E-state index in [2.05, 4.69) is 37.2 Å². The SMILES string of the molecule is CCC(C)(CCO)NC(=O)COc1ccc(Br)cc1Br. The van der Waals surface area contributed by atoms with E-state index in [-0.39, 0.29) is 19.1 Å². The number of hydrogen-bond donors (Lipinski definition) is 2. The van der Waals surface area contributed by atoms with E-state index in [1.165, 1.54) is 0 Å². The summed E-state index contributed by atoms with van der Waals surface area (Å²) >= 11 is 6.73. The van der Waals surface area contributed by atoms with Crippen LogP contribution in [0.15, 0.2) is 27.1 Å². The molecule has 1 atom stereocenters. The fourth-order valence-electron chi connectivity index (χ4n) is 1.68. The van der Waals surface area contributed by atoms with Gasteiger partial charge >= 0.3 is 0 Å². The molecule has 0 bridgehead atoms. The Morgan fingerprint density at radius 1 is 1.45 bits per heavy atom. The topological polar surface area (TPSA) is 58.6 Å². The summed E-state index contributed by atoms with van der Waals surface area (Å²) in [7, 11) is 0. The number of aliphatic hydroxyl groups is 1. The van der Waals surface area contributed by atoms with Crippen molar-refractivity contribution in [2.24, 2.45) is 0 Å². The van der Waals surface area contributed by atoms with E-state index < -0.39 is 5.54 Å². The van der Waals surface area contributed by atoms with Crippen LogP contribution in [0.1, 0.15) is 26.7 Å². The Morgan fingerprint density at radius 2 is 2.15 bits per heavy atom. The molecule has 112 valence electrons. The zero-order valence-electron chi connectivity index (χ0n) is 11.6. The third-order valence-electron chi connectivity index (χ3n) is 3.14. The number of amides is 1. The lowest BCUT2D eigenvalue weighted by Gasteiger charge is -2.28. The number of hydrogen-bond acceptors (Lipinski definition) is 3. The van der Waals surface area contributed by atoms with E-state index in [0.29, 0.717) is 12.2 Å². The molecular weight excluding hydrogens is 390 g/mol. The number of halogens is 2. The molecule has 2 N–H and O–H groups in total. The van der Waals surface area contributed by atoms with Gasteiger partial charge < -0.3 is 15.2 Å². The van der Waals surface area contributed by atoms with Crippen LogP contribution in [0, 0.1) is 0 Å². The zero-order valence-corrected chi connectivity index (χ0v) is 14.8. The minimum absolute atomic E-state index is 0.0454. The van der Waals surface area contributed by atoms with Gasteiger partial charge in [0.25, 0.3) is 5.91 Å². The van der Waals surface area contributed by atoms with Gasteiger partial charge in [-0.1, -0.05) is 22.9 Å². The van der Waals surface area contributed by atoms with Crippen LogP contribution in [0.4, 0.5) is 0 Å². The van der Waals surface area contributed by atoms with Crippen molar-refractivity contribution in [3.8, 4) is 5.75 Å². The fourth-order valence-corrected chi connectivity index (χ4v) is 2.84. The normalized spacial score (nSPS) is 13.7. The molecule has 0 radical (unpaired) electrons. The van der Waals surface area contributed by atoms with Gasteiger partial charge in [-0.05, 0) is 53.9 Å². The summed E-state index contributed by atoms with van der Waals surface area (Å²) in [6, 6.07) is 5.49. The Labute approximate surface area is 136 Å². The Hall–Kier alpha value is -0.590. The van der Waals surface area contributed by atoms with E-state index >= 15 is 0 Å². The number of rotatable bonds is 7. The summed E-state index contributed by atoms with van der Waals surface area (Å²) in [6.45, 7) is 3.88. The number of ether oxygens (including phenoxy) is 1. The van der Waals surface area contributed by atoms with E-state index in [9.17, 15) is 4.79 Å². The van der Waals surface area contributed by atoms with Gasteiger partial charge in [0.1, 0.15) is 5.75 Å². The first-order valence-corrected chi connectivity index (χ1v) is 7.98. The predicted molar refractivity (Wildman–Crippen MR) is 85.9 cm³/mol. The second kappa shape index (κ2) is 8.00. The Morgan fingerprint density at radius 3 is 2.70 bits per heavy atom. The molecule has 0 saturated heterocycles. The monoisotopic (exact) mass is 407 g/mol. The Balaban J connectivity index is 2.54. The van der Waals surface area contributed by atoms with E-state index in [1.807, 2.05) is 26.0 Å². The van der Waals surface area contributed by atoms with Crippen molar-refractivity contribution in [3.63, 3.8) is 0 Å². The van der Waals surface area contributed by atoms with Crippen molar-refractivity contribution in [3.05, 3.63) is 27.1 Å². The number of benzene rings is 1. The molecule has 1 unspecified atom stereocenters. The average Bonchev–Trinajstić information content (AvgIpc) is 2.38. The predicted octanol–water partition coefficient (Wildman–Crippen LogP) is 3.26. The minimum Gasteiger partial charge on any atom is -0.483 e. The maximum Gasteiger partial charge on any atom is 0.258 e. The van der Waals surface area contributed by atoms with E-state index in [1.54, 1.807) is 6.07 Å². The summed E-state index contributed by atoms with van der Waals surface area (Å²) in [5, 5.41) is 11.9. The third-order valence-corrected chi connectivity index (χ3v) is 4.25. The Kier molecular flexibility index (Phi) is 6.99. The van der Waals surface area contributed by atoms with Crippen LogP contribution in [-0.4, -0.2) is 29.8 Å². The number of carbonyl (C=O) groups excluding carboxylic acids is 1. The number of carbonyl (C=O) groups is 1.